The lowest BCUT2D eigenvalue weighted by molar-refractivity contribution is -0.113. The molecule has 0 aliphatic heterocycles. The van der Waals surface area contributed by atoms with E-state index in [1.54, 1.807) is 24.3 Å². The Labute approximate surface area is 172 Å². The maximum Gasteiger partial charge on any atom is 0.234 e. The number of hydrogen-bond donors (Lipinski definition) is 1. The van der Waals surface area contributed by atoms with Crippen LogP contribution in [-0.4, -0.2) is 26.4 Å². The van der Waals surface area contributed by atoms with E-state index in [1.165, 1.54) is 11.8 Å². The zero-order valence-electron chi connectivity index (χ0n) is 13.5. The van der Waals surface area contributed by atoms with Crippen LogP contribution in [0.25, 0.3) is 11.6 Å². The molecule has 0 bridgehead atoms. The molecule has 0 unspecified atom stereocenters. The molecule has 1 N–H and O–H groups in total. The van der Waals surface area contributed by atoms with Crippen molar-refractivity contribution in [2.45, 2.75) is 18.6 Å². The molecule has 26 heavy (non-hydrogen) atoms. The SMILES string of the molecule is CCn1c(SCC(=O)Nc2cc(Cl)cc(Cl)c2)nnc1-c1ccc(Br)o1. The molecule has 6 nitrogen and oxygen atoms in total. The first kappa shape index (κ1) is 19.3. The van der Waals surface area contributed by atoms with E-state index >= 15 is 0 Å². The van der Waals surface area contributed by atoms with Crippen molar-refractivity contribution in [2.24, 2.45) is 0 Å². The van der Waals surface area contributed by atoms with E-state index in [0.29, 0.717) is 43.7 Å². The van der Waals surface area contributed by atoms with Gasteiger partial charge in [0.2, 0.25) is 11.7 Å². The largest absolute Gasteiger partial charge is 0.446 e. The molecule has 0 saturated heterocycles. The summed E-state index contributed by atoms with van der Waals surface area (Å²) in [5.74, 6) is 1.20. The van der Waals surface area contributed by atoms with Crippen molar-refractivity contribution in [1.82, 2.24) is 14.8 Å². The van der Waals surface area contributed by atoms with Crippen molar-refractivity contribution in [3.63, 3.8) is 0 Å². The zero-order valence-corrected chi connectivity index (χ0v) is 17.4. The summed E-state index contributed by atoms with van der Waals surface area (Å²) >= 11 is 16.4. The molecule has 0 spiro atoms. The van der Waals surface area contributed by atoms with Gasteiger partial charge >= 0.3 is 0 Å². The summed E-state index contributed by atoms with van der Waals surface area (Å²) in [6.07, 6.45) is 0. The van der Waals surface area contributed by atoms with Gasteiger partial charge in [0, 0.05) is 22.3 Å². The number of hydrogen-bond acceptors (Lipinski definition) is 5. The van der Waals surface area contributed by atoms with Crippen LogP contribution in [-0.2, 0) is 11.3 Å². The number of anilines is 1. The number of carbonyl (C=O) groups is 1. The molecule has 0 atom stereocenters. The molecule has 0 radical (unpaired) electrons. The fraction of sp³-hybridized carbons (Fsp3) is 0.188. The first-order valence-electron chi connectivity index (χ1n) is 7.54. The quantitative estimate of drug-likeness (QED) is 0.486. The molecule has 2 aromatic heterocycles. The number of rotatable bonds is 6. The summed E-state index contributed by atoms with van der Waals surface area (Å²) in [5, 5.41) is 12.6. The Kier molecular flexibility index (Phi) is 6.29. The molecular formula is C16H13BrCl2N4O2S. The second kappa shape index (κ2) is 8.47. The lowest BCUT2D eigenvalue weighted by atomic mass is 10.3. The van der Waals surface area contributed by atoms with E-state index in [-0.39, 0.29) is 11.7 Å². The lowest BCUT2D eigenvalue weighted by Gasteiger charge is -2.07. The molecule has 10 heteroatoms. The van der Waals surface area contributed by atoms with Crippen LogP contribution in [0.3, 0.4) is 0 Å². The predicted molar refractivity (Wildman–Crippen MR) is 107 cm³/mol. The molecule has 0 aliphatic carbocycles. The first-order chi connectivity index (χ1) is 12.5. The van der Waals surface area contributed by atoms with Gasteiger partial charge in [0.25, 0.3) is 0 Å². The number of carbonyl (C=O) groups excluding carboxylic acids is 1. The number of aromatic nitrogens is 3. The van der Waals surface area contributed by atoms with E-state index in [0.717, 1.165) is 0 Å². The molecule has 3 rings (SSSR count). The molecule has 0 saturated carbocycles. The molecule has 2 heterocycles. The second-order valence-corrected chi connectivity index (χ2v) is 7.75. The van der Waals surface area contributed by atoms with Gasteiger partial charge in [-0.15, -0.1) is 10.2 Å². The van der Waals surface area contributed by atoms with E-state index in [1.807, 2.05) is 17.6 Å². The predicted octanol–water partition coefficient (Wildman–Crippen LogP) is 5.36. The first-order valence-corrected chi connectivity index (χ1v) is 10.1. The van der Waals surface area contributed by atoms with Crippen molar-refractivity contribution in [1.29, 1.82) is 0 Å². The van der Waals surface area contributed by atoms with Gasteiger partial charge in [0.05, 0.1) is 5.75 Å². The molecular weight excluding hydrogens is 463 g/mol. The third-order valence-electron chi connectivity index (χ3n) is 3.31. The Hall–Kier alpha value is -1.48. The van der Waals surface area contributed by atoms with Crippen LogP contribution in [0.4, 0.5) is 5.69 Å². The number of benzene rings is 1. The van der Waals surface area contributed by atoms with E-state index in [4.69, 9.17) is 27.6 Å². The van der Waals surface area contributed by atoms with Crippen LogP contribution in [0, 0.1) is 0 Å². The monoisotopic (exact) mass is 474 g/mol. The molecule has 3 aromatic rings. The van der Waals surface area contributed by atoms with Crippen molar-refractivity contribution >= 4 is 62.5 Å². The normalized spacial score (nSPS) is 10.9. The maximum atomic E-state index is 12.2. The average Bonchev–Trinajstić information content (AvgIpc) is 3.17. The van der Waals surface area contributed by atoms with E-state index < -0.39 is 0 Å². The number of furan rings is 1. The highest BCUT2D eigenvalue weighted by molar-refractivity contribution is 9.10. The number of thioether (sulfide) groups is 1. The molecule has 1 amide bonds. The van der Waals surface area contributed by atoms with Crippen molar-refractivity contribution in [2.75, 3.05) is 11.1 Å². The van der Waals surface area contributed by atoms with Crippen molar-refractivity contribution < 1.29 is 9.21 Å². The molecule has 0 fully saturated rings. The highest BCUT2D eigenvalue weighted by Crippen LogP contribution is 2.27. The van der Waals surface area contributed by atoms with Crippen molar-refractivity contribution in [3.05, 3.63) is 45.0 Å². The second-order valence-electron chi connectivity index (χ2n) is 5.15. The fourth-order valence-electron chi connectivity index (χ4n) is 2.25. The topological polar surface area (TPSA) is 73.0 Å². The standard InChI is InChI=1S/C16H13BrCl2N4O2S/c1-2-23-15(12-3-4-13(17)25-12)21-22-16(23)26-8-14(24)20-11-6-9(18)5-10(19)7-11/h3-7H,2,8H2,1H3,(H,20,24). The number of halogens is 3. The van der Waals surface area contributed by atoms with E-state index in [9.17, 15) is 4.79 Å². The van der Waals surface area contributed by atoms with Gasteiger partial charge in [-0.2, -0.15) is 0 Å². The Morgan fingerprint density at radius 3 is 2.62 bits per heavy atom. The lowest BCUT2D eigenvalue weighted by Crippen LogP contribution is -2.14. The third kappa shape index (κ3) is 4.62. The summed E-state index contributed by atoms with van der Waals surface area (Å²) in [6.45, 7) is 2.62. The van der Waals surface area contributed by atoms with Crippen LogP contribution in [0.2, 0.25) is 10.0 Å². The van der Waals surface area contributed by atoms with Gasteiger partial charge in [0.15, 0.2) is 15.6 Å². The maximum absolute atomic E-state index is 12.2. The van der Waals surface area contributed by atoms with Crippen LogP contribution in [0.5, 0.6) is 0 Å². The molecule has 1 aromatic carbocycles. The van der Waals surface area contributed by atoms with Gasteiger partial charge in [-0.25, -0.2) is 0 Å². The van der Waals surface area contributed by atoms with Crippen LogP contribution in [0.1, 0.15) is 6.92 Å². The Bertz CT molecular complexity index is 924. The minimum absolute atomic E-state index is 0.171. The van der Waals surface area contributed by atoms with E-state index in [2.05, 4.69) is 31.4 Å². The Balaban J connectivity index is 1.67. The van der Waals surface area contributed by atoms with Crippen LogP contribution < -0.4 is 5.32 Å². The van der Waals surface area contributed by atoms with Crippen LogP contribution in [0.15, 0.2) is 44.6 Å². The summed E-state index contributed by atoms with van der Waals surface area (Å²) in [7, 11) is 0. The van der Waals surface area contributed by atoms with Gasteiger partial charge in [0.1, 0.15) is 0 Å². The Morgan fingerprint density at radius 2 is 2.00 bits per heavy atom. The zero-order chi connectivity index (χ0) is 18.7. The summed E-state index contributed by atoms with van der Waals surface area (Å²) < 4.78 is 8.04. The molecule has 136 valence electrons. The Morgan fingerprint density at radius 1 is 1.27 bits per heavy atom. The summed E-state index contributed by atoms with van der Waals surface area (Å²) in [5.41, 5.74) is 0.547. The number of nitrogens with one attached hydrogen (secondary N) is 1. The minimum Gasteiger partial charge on any atom is -0.446 e. The number of nitrogens with zero attached hydrogens (tertiary/aromatic N) is 3. The van der Waals surface area contributed by atoms with Gasteiger partial charge in [-0.05, 0) is 53.2 Å². The highest BCUT2D eigenvalue weighted by Gasteiger charge is 2.17. The fourth-order valence-corrected chi connectivity index (χ4v) is 3.89. The smallest absolute Gasteiger partial charge is 0.234 e. The summed E-state index contributed by atoms with van der Waals surface area (Å²) in [4.78, 5) is 12.2. The third-order valence-corrected chi connectivity index (χ3v) is 5.13. The van der Waals surface area contributed by atoms with Crippen LogP contribution >= 0.6 is 50.9 Å². The number of amides is 1. The van der Waals surface area contributed by atoms with Gasteiger partial charge in [-0.1, -0.05) is 35.0 Å². The molecule has 0 aliphatic rings. The average molecular weight is 476 g/mol. The van der Waals surface area contributed by atoms with Gasteiger partial charge < -0.3 is 9.73 Å². The minimum atomic E-state index is -0.193. The van der Waals surface area contributed by atoms with Gasteiger partial charge in [-0.3, -0.25) is 9.36 Å². The van der Waals surface area contributed by atoms with Crippen molar-refractivity contribution in [3.8, 4) is 11.6 Å². The highest BCUT2D eigenvalue weighted by atomic mass is 79.9. The summed E-state index contributed by atoms with van der Waals surface area (Å²) in [6, 6.07) is 8.48.